The Morgan fingerprint density at radius 2 is 1.80 bits per heavy atom. The largest absolute Gasteiger partial charge is 0.390 e. The fraction of sp³-hybridized carbons (Fsp3) is 0.552. The zero-order chi connectivity index (χ0) is 25.8. The molecule has 3 N–H and O–H groups in total. The molecule has 2 aromatic carbocycles. The number of benzene rings is 2. The highest BCUT2D eigenvalue weighted by molar-refractivity contribution is 5.73. The quantitative estimate of drug-likeness (QED) is 0.457. The van der Waals surface area contributed by atoms with Gasteiger partial charge in [0, 0.05) is 25.6 Å². The SMILES string of the molecule is CCc1cc(CC(C)(C)C)cc2c1CCCC2NC[C@H](O)[C@H](Cc1cc(F)cc(F)c1)NC(C)=O. The highest BCUT2D eigenvalue weighted by Crippen LogP contribution is 2.35. The minimum atomic E-state index is -0.918. The Labute approximate surface area is 208 Å². The molecule has 0 aliphatic heterocycles. The lowest BCUT2D eigenvalue weighted by Gasteiger charge is -2.32. The molecule has 0 saturated carbocycles. The van der Waals surface area contributed by atoms with E-state index in [1.54, 1.807) is 0 Å². The molecule has 192 valence electrons. The van der Waals surface area contributed by atoms with Crippen LogP contribution in [0.1, 0.15) is 81.3 Å². The first-order valence-corrected chi connectivity index (χ1v) is 12.7. The van der Waals surface area contributed by atoms with Gasteiger partial charge in [0.15, 0.2) is 0 Å². The monoisotopic (exact) mass is 486 g/mol. The number of aliphatic hydroxyl groups excluding tert-OH is 1. The van der Waals surface area contributed by atoms with Crippen LogP contribution >= 0.6 is 0 Å². The Hall–Kier alpha value is -2.31. The van der Waals surface area contributed by atoms with Gasteiger partial charge in [-0.25, -0.2) is 8.78 Å². The first-order valence-electron chi connectivity index (χ1n) is 12.7. The molecule has 3 atom stereocenters. The Balaban J connectivity index is 1.77. The summed E-state index contributed by atoms with van der Waals surface area (Å²) in [4.78, 5) is 11.8. The molecule has 1 aliphatic carbocycles. The normalized spacial score (nSPS) is 17.5. The van der Waals surface area contributed by atoms with Gasteiger partial charge in [-0.2, -0.15) is 0 Å². The van der Waals surface area contributed by atoms with Crippen molar-refractivity contribution < 1.29 is 18.7 Å². The number of hydrogen-bond donors (Lipinski definition) is 3. The fourth-order valence-electron chi connectivity index (χ4n) is 5.25. The third-order valence-electron chi connectivity index (χ3n) is 6.65. The van der Waals surface area contributed by atoms with E-state index in [2.05, 4.69) is 50.5 Å². The minimum absolute atomic E-state index is 0.114. The van der Waals surface area contributed by atoms with Gasteiger partial charge in [0.05, 0.1) is 12.1 Å². The summed E-state index contributed by atoms with van der Waals surface area (Å²) in [6.45, 7) is 10.6. The van der Waals surface area contributed by atoms with Crippen molar-refractivity contribution in [1.29, 1.82) is 0 Å². The van der Waals surface area contributed by atoms with E-state index in [-0.39, 0.29) is 30.3 Å². The van der Waals surface area contributed by atoms with Crippen molar-refractivity contribution in [2.45, 2.75) is 91.3 Å². The van der Waals surface area contributed by atoms with Crippen molar-refractivity contribution in [3.05, 3.63) is 69.8 Å². The van der Waals surface area contributed by atoms with Crippen LogP contribution in [0.3, 0.4) is 0 Å². The van der Waals surface area contributed by atoms with Gasteiger partial charge in [-0.1, -0.05) is 39.8 Å². The van der Waals surface area contributed by atoms with Crippen molar-refractivity contribution in [2.24, 2.45) is 5.41 Å². The van der Waals surface area contributed by atoms with Gasteiger partial charge in [-0.05, 0) is 83.9 Å². The zero-order valence-electron chi connectivity index (χ0n) is 21.7. The summed E-state index contributed by atoms with van der Waals surface area (Å²) in [5.41, 5.74) is 6.05. The second-order valence-corrected chi connectivity index (χ2v) is 11.1. The molecule has 1 unspecified atom stereocenters. The predicted octanol–water partition coefficient (Wildman–Crippen LogP) is 5.19. The molecule has 4 nitrogen and oxygen atoms in total. The van der Waals surface area contributed by atoms with Gasteiger partial charge in [-0.3, -0.25) is 4.79 Å². The average molecular weight is 487 g/mol. The van der Waals surface area contributed by atoms with E-state index in [9.17, 15) is 18.7 Å². The Kier molecular flexibility index (Phi) is 9.05. The van der Waals surface area contributed by atoms with Gasteiger partial charge in [0.1, 0.15) is 11.6 Å². The zero-order valence-corrected chi connectivity index (χ0v) is 21.7. The van der Waals surface area contributed by atoms with E-state index in [1.165, 1.54) is 41.3 Å². The maximum atomic E-state index is 13.7. The third-order valence-corrected chi connectivity index (χ3v) is 6.65. The number of carbonyl (C=O) groups excluding carboxylic acids is 1. The lowest BCUT2D eigenvalue weighted by Crippen LogP contribution is -2.48. The fourth-order valence-corrected chi connectivity index (χ4v) is 5.25. The topological polar surface area (TPSA) is 61.4 Å². The maximum absolute atomic E-state index is 13.7. The molecule has 3 rings (SSSR count). The number of fused-ring (bicyclic) bond motifs is 1. The summed E-state index contributed by atoms with van der Waals surface area (Å²) in [5.74, 6) is -1.65. The maximum Gasteiger partial charge on any atom is 0.217 e. The molecular weight excluding hydrogens is 446 g/mol. The first kappa shape index (κ1) is 27.3. The Bertz CT molecular complexity index is 1010. The third kappa shape index (κ3) is 7.84. The van der Waals surface area contributed by atoms with Crippen molar-refractivity contribution in [3.8, 4) is 0 Å². The molecule has 0 aromatic heterocycles. The summed E-state index contributed by atoms with van der Waals surface area (Å²) < 4.78 is 27.3. The Morgan fingerprint density at radius 1 is 1.11 bits per heavy atom. The van der Waals surface area contributed by atoms with Crippen LogP contribution < -0.4 is 10.6 Å². The van der Waals surface area contributed by atoms with E-state index in [0.29, 0.717) is 5.56 Å². The molecule has 6 heteroatoms. The number of nitrogens with one attached hydrogen (secondary N) is 2. The Morgan fingerprint density at radius 3 is 2.40 bits per heavy atom. The van der Waals surface area contributed by atoms with E-state index >= 15 is 0 Å². The first-order chi connectivity index (χ1) is 16.4. The smallest absolute Gasteiger partial charge is 0.217 e. The standard InChI is InChI=1S/C29H40F2N2O2/c1-6-21-10-20(16-29(3,4)5)13-25-24(21)8-7-9-26(25)32-17-28(35)27(33-18(2)34)14-19-11-22(30)15-23(31)12-19/h10-13,15,26-28,32,35H,6-9,14,16-17H2,1-5H3,(H,33,34)/t26?,27-,28-/m0/s1. The summed E-state index contributed by atoms with van der Waals surface area (Å²) in [6, 6.07) is 7.41. The van der Waals surface area contributed by atoms with Gasteiger partial charge < -0.3 is 15.7 Å². The van der Waals surface area contributed by atoms with E-state index in [4.69, 9.17) is 0 Å². The van der Waals surface area contributed by atoms with Crippen LogP contribution in [0.15, 0.2) is 30.3 Å². The lowest BCUT2D eigenvalue weighted by atomic mass is 9.80. The highest BCUT2D eigenvalue weighted by Gasteiger charge is 2.27. The number of hydrogen-bond acceptors (Lipinski definition) is 3. The lowest BCUT2D eigenvalue weighted by molar-refractivity contribution is -0.120. The molecule has 1 aliphatic rings. The van der Waals surface area contributed by atoms with Crippen LogP contribution in [0.4, 0.5) is 8.78 Å². The van der Waals surface area contributed by atoms with E-state index in [0.717, 1.165) is 38.2 Å². The number of carbonyl (C=O) groups is 1. The van der Waals surface area contributed by atoms with Gasteiger partial charge in [0.2, 0.25) is 5.91 Å². The highest BCUT2D eigenvalue weighted by atomic mass is 19.1. The van der Waals surface area contributed by atoms with Crippen molar-refractivity contribution >= 4 is 5.91 Å². The summed E-state index contributed by atoms with van der Waals surface area (Å²) >= 11 is 0. The number of amides is 1. The average Bonchev–Trinajstić information content (AvgIpc) is 2.74. The van der Waals surface area contributed by atoms with E-state index < -0.39 is 23.8 Å². The molecule has 0 radical (unpaired) electrons. The second-order valence-electron chi connectivity index (χ2n) is 11.1. The number of aliphatic hydroxyl groups is 1. The van der Waals surface area contributed by atoms with Gasteiger partial charge >= 0.3 is 0 Å². The predicted molar refractivity (Wildman–Crippen MR) is 136 cm³/mol. The van der Waals surface area contributed by atoms with E-state index in [1.807, 2.05) is 0 Å². The van der Waals surface area contributed by atoms with Crippen LogP contribution in [-0.4, -0.2) is 29.7 Å². The molecular formula is C29H40F2N2O2. The molecule has 0 spiro atoms. The van der Waals surface area contributed by atoms with Crippen LogP contribution in [-0.2, 0) is 30.5 Å². The van der Waals surface area contributed by atoms with Crippen LogP contribution in [0, 0.1) is 17.0 Å². The number of halogens is 2. The van der Waals surface area contributed by atoms with Gasteiger partial charge in [-0.15, -0.1) is 0 Å². The molecule has 35 heavy (non-hydrogen) atoms. The van der Waals surface area contributed by atoms with Crippen molar-refractivity contribution in [2.75, 3.05) is 6.54 Å². The molecule has 1 amide bonds. The summed E-state index contributed by atoms with van der Waals surface area (Å²) in [5, 5.41) is 17.3. The molecule has 0 fully saturated rings. The molecule has 0 bridgehead atoms. The van der Waals surface area contributed by atoms with Crippen molar-refractivity contribution in [1.82, 2.24) is 10.6 Å². The van der Waals surface area contributed by atoms with Crippen molar-refractivity contribution in [3.63, 3.8) is 0 Å². The van der Waals surface area contributed by atoms with Gasteiger partial charge in [0.25, 0.3) is 0 Å². The molecule has 2 aromatic rings. The number of rotatable bonds is 9. The van der Waals surface area contributed by atoms with Crippen LogP contribution in [0.25, 0.3) is 0 Å². The minimum Gasteiger partial charge on any atom is -0.390 e. The molecule has 0 saturated heterocycles. The summed E-state index contributed by atoms with van der Waals surface area (Å²) in [7, 11) is 0. The van der Waals surface area contributed by atoms with Crippen LogP contribution in [0.5, 0.6) is 0 Å². The molecule has 0 heterocycles. The van der Waals surface area contributed by atoms with Crippen LogP contribution in [0.2, 0.25) is 0 Å². The number of aryl methyl sites for hydroxylation is 1. The summed E-state index contributed by atoms with van der Waals surface area (Å²) in [6.07, 6.45) is 4.32. The second kappa shape index (κ2) is 11.6.